The van der Waals surface area contributed by atoms with Crippen molar-refractivity contribution in [3.63, 3.8) is 0 Å². The number of ether oxygens (including phenoxy) is 3. The minimum absolute atomic E-state index is 0.00983. The molecule has 0 aliphatic heterocycles. The van der Waals surface area contributed by atoms with E-state index in [-0.39, 0.29) is 23.7 Å². The first-order valence-electron chi connectivity index (χ1n) is 10.0. The summed E-state index contributed by atoms with van der Waals surface area (Å²) < 4.78 is 52.3. The molecular weight excluding hydrogens is 544 g/mol. The molecule has 3 rings (SSSR count). The van der Waals surface area contributed by atoms with E-state index in [1.807, 2.05) is 6.07 Å². The number of halogens is 6. The number of nitrogens with zero attached hydrogens (tertiary/aromatic N) is 1. The molecule has 0 heterocycles. The predicted octanol–water partition coefficient (Wildman–Crippen LogP) is 7.43. The van der Waals surface area contributed by atoms with Gasteiger partial charge in [0.05, 0.1) is 6.07 Å². The number of amides is 1. The number of carbonyl (C=O) groups is 1. The Morgan fingerprint density at radius 1 is 0.917 bits per heavy atom. The normalized spacial score (nSPS) is 12.7. The summed E-state index contributed by atoms with van der Waals surface area (Å²) in [6, 6.07) is 15.4. The summed E-state index contributed by atoms with van der Waals surface area (Å²) in [5.74, 6) is -0.459. The third-order valence-electron chi connectivity index (χ3n) is 4.47. The van der Waals surface area contributed by atoms with Crippen LogP contribution in [0.25, 0.3) is 0 Å². The largest absolute Gasteiger partial charge is 0.573 e. The second-order valence-corrected chi connectivity index (χ2v) is 8.87. The monoisotopic (exact) mass is 558 g/mol. The molecule has 0 fully saturated rings. The third-order valence-corrected chi connectivity index (χ3v) is 5.14. The minimum Gasteiger partial charge on any atom is -0.486 e. The van der Waals surface area contributed by atoms with Crippen LogP contribution in [-0.2, 0) is 0 Å². The van der Waals surface area contributed by atoms with E-state index >= 15 is 0 Å². The Morgan fingerprint density at radius 2 is 1.56 bits per heavy atom. The number of hydrogen-bond donors (Lipinski definition) is 1. The lowest BCUT2D eigenvalue weighted by Gasteiger charge is -2.24. The summed E-state index contributed by atoms with van der Waals surface area (Å²) in [6.07, 6.45) is -4.86. The van der Waals surface area contributed by atoms with Gasteiger partial charge in [-0.2, -0.15) is 5.26 Å². The first-order valence-corrected chi connectivity index (χ1v) is 11.1. The molecule has 0 saturated heterocycles. The zero-order valence-electron chi connectivity index (χ0n) is 18.3. The van der Waals surface area contributed by atoms with Crippen LogP contribution >= 0.6 is 34.8 Å². The molecule has 0 spiro atoms. The van der Waals surface area contributed by atoms with Crippen LogP contribution in [0.1, 0.15) is 17.3 Å². The zero-order valence-corrected chi connectivity index (χ0v) is 20.6. The molecule has 0 aliphatic rings. The SMILES string of the molecule is CC(C#N)(COc1cc(Cl)ccc1Oc1cc(Cl)cc(Cl)c1)NC(=O)c1ccc(OC(F)(F)F)cc1. The highest BCUT2D eigenvalue weighted by Crippen LogP contribution is 2.36. The van der Waals surface area contributed by atoms with Gasteiger partial charge in [-0.1, -0.05) is 34.8 Å². The standard InChI is InChI=1S/C24H16Cl3F3N2O4/c1-23(12-31,32-22(33)14-2-5-18(6-3-14)36-24(28,29)30)13-34-21-11-15(25)4-7-20(21)35-19-9-16(26)8-17(27)10-19/h2-11H,13H2,1H3,(H,32,33). The topological polar surface area (TPSA) is 80.6 Å². The molecule has 3 aromatic rings. The van der Waals surface area contributed by atoms with Crippen LogP contribution < -0.4 is 19.5 Å². The Kier molecular flexibility index (Phi) is 8.46. The highest BCUT2D eigenvalue weighted by Gasteiger charge is 2.31. The first kappa shape index (κ1) is 27.3. The molecule has 0 radical (unpaired) electrons. The van der Waals surface area contributed by atoms with Gasteiger partial charge < -0.3 is 19.5 Å². The van der Waals surface area contributed by atoms with E-state index in [1.54, 1.807) is 12.1 Å². The number of carbonyl (C=O) groups excluding carboxylic acids is 1. The van der Waals surface area contributed by atoms with Crippen LogP contribution in [-0.4, -0.2) is 24.4 Å². The van der Waals surface area contributed by atoms with E-state index in [4.69, 9.17) is 44.3 Å². The van der Waals surface area contributed by atoms with Gasteiger partial charge in [0.2, 0.25) is 0 Å². The van der Waals surface area contributed by atoms with Crippen LogP contribution in [0.2, 0.25) is 15.1 Å². The maximum absolute atomic E-state index is 12.6. The van der Waals surface area contributed by atoms with Gasteiger partial charge in [0.25, 0.3) is 5.91 Å². The minimum atomic E-state index is -4.86. The van der Waals surface area contributed by atoms with Crippen molar-refractivity contribution in [3.8, 4) is 29.1 Å². The van der Waals surface area contributed by atoms with Gasteiger partial charge in [-0.15, -0.1) is 13.2 Å². The average Bonchev–Trinajstić information content (AvgIpc) is 2.78. The molecule has 0 aromatic heterocycles. The Balaban J connectivity index is 1.72. The highest BCUT2D eigenvalue weighted by atomic mass is 35.5. The highest BCUT2D eigenvalue weighted by molar-refractivity contribution is 6.34. The molecule has 0 bridgehead atoms. The molecular formula is C24H16Cl3F3N2O4. The number of rotatable bonds is 8. The van der Waals surface area contributed by atoms with Crippen molar-refractivity contribution in [1.29, 1.82) is 5.26 Å². The molecule has 0 saturated carbocycles. The van der Waals surface area contributed by atoms with Crippen molar-refractivity contribution in [1.82, 2.24) is 5.32 Å². The number of nitriles is 1. The second-order valence-electron chi connectivity index (χ2n) is 7.56. The summed E-state index contributed by atoms with van der Waals surface area (Å²) in [5.41, 5.74) is -1.52. The van der Waals surface area contributed by atoms with Gasteiger partial charge in [0.1, 0.15) is 18.1 Å². The fourth-order valence-electron chi connectivity index (χ4n) is 2.84. The first-order chi connectivity index (χ1) is 16.9. The quantitative estimate of drug-likeness (QED) is 0.310. The van der Waals surface area contributed by atoms with Gasteiger partial charge in [-0.05, 0) is 61.5 Å². The van der Waals surface area contributed by atoms with Gasteiger partial charge >= 0.3 is 6.36 Å². The molecule has 188 valence electrons. The van der Waals surface area contributed by atoms with E-state index in [0.717, 1.165) is 24.3 Å². The lowest BCUT2D eigenvalue weighted by Crippen LogP contribution is -2.49. The molecule has 36 heavy (non-hydrogen) atoms. The summed E-state index contributed by atoms with van der Waals surface area (Å²) in [5, 5.41) is 13.2. The van der Waals surface area contributed by atoms with Crippen molar-refractivity contribution >= 4 is 40.7 Å². The van der Waals surface area contributed by atoms with Gasteiger partial charge in [-0.3, -0.25) is 4.79 Å². The lowest BCUT2D eigenvalue weighted by molar-refractivity contribution is -0.274. The van der Waals surface area contributed by atoms with Crippen LogP contribution in [0.5, 0.6) is 23.0 Å². The van der Waals surface area contributed by atoms with Crippen molar-refractivity contribution in [2.75, 3.05) is 6.61 Å². The van der Waals surface area contributed by atoms with Crippen LogP contribution in [0.3, 0.4) is 0 Å². The Morgan fingerprint density at radius 3 is 2.14 bits per heavy atom. The molecule has 3 aromatic carbocycles. The summed E-state index contributed by atoms with van der Waals surface area (Å²) in [6.45, 7) is 1.09. The Bertz CT molecular complexity index is 1280. The van der Waals surface area contributed by atoms with Crippen LogP contribution in [0.15, 0.2) is 60.7 Å². The van der Waals surface area contributed by atoms with E-state index in [1.165, 1.54) is 31.2 Å². The summed E-state index contributed by atoms with van der Waals surface area (Å²) in [7, 11) is 0. The number of nitrogens with one attached hydrogen (secondary N) is 1. The molecule has 1 atom stereocenters. The van der Waals surface area contributed by atoms with Crippen LogP contribution in [0, 0.1) is 11.3 Å². The van der Waals surface area contributed by atoms with Crippen molar-refractivity contribution in [3.05, 3.63) is 81.3 Å². The van der Waals surface area contributed by atoms with Crippen molar-refractivity contribution in [2.24, 2.45) is 0 Å². The summed E-state index contributed by atoms with van der Waals surface area (Å²) >= 11 is 18.1. The Hall–Kier alpha value is -3.32. The fourth-order valence-corrected chi connectivity index (χ4v) is 3.51. The number of benzene rings is 3. The fraction of sp³-hybridized carbons (Fsp3) is 0.167. The maximum atomic E-state index is 12.6. The summed E-state index contributed by atoms with van der Waals surface area (Å²) in [4.78, 5) is 12.6. The van der Waals surface area contributed by atoms with Gasteiger partial charge in [-0.25, -0.2) is 0 Å². The van der Waals surface area contributed by atoms with E-state index < -0.39 is 23.6 Å². The molecule has 1 amide bonds. The number of alkyl halides is 3. The molecule has 12 heteroatoms. The zero-order chi connectivity index (χ0) is 26.5. The van der Waals surface area contributed by atoms with E-state index in [2.05, 4.69) is 10.1 Å². The van der Waals surface area contributed by atoms with Crippen molar-refractivity contribution in [2.45, 2.75) is 18.8 Å². The van der Waals surface area contributed by atoms with Gasteiger partial charge in [0, 0.05) is 26.7 Å². The van der Waals surface area contributed by atoms with E-state index in [0.29, 0.717) is 20.8 Å². The second kappa shape index (κ2) is 11.2. The maximum Gasteiger partial charge on any atom is 0.573 e. The molecule has 0 aliphatic carbocycles. The molecule has 6 nitrogen and oxygen atoms in total. The lowest BCUT2D eigenvalue weighted by atomic mass is 10.0. The van der Waals surface area contributed by atoms with Gasteiger partial charge in [0.15, 0.2) is 17.0 Å². The third kappa shape index (κ3) is 7.85. The molecule has 1 N–H and O–H groups in total. The van der Waals surface area contributed by atoms with Crippen molar-refractivity contribution < 1.29 is 32.2 Å². The predicted molar refractivity (Wildman–Crippen MR) is 128 cm³/mol. The average molecular weight is 560 g/mol. The Labute approximate surface area is 219 Å². The van der Waals surface area contributed by atoms with Crippen LogP contribution in [0.4, 0.5) is 13.2 Å². The smallest absolute Gasteiger partial charge is 0.486 e. The van der Waals surface area contributed by atoms with E-state index in [9.17, 15) is 23.2 Å². The number of hydrogen-bond acceptors (Lipinski definition) is 5. The molecule has 1 unspecified atom stereocenters.